The van der Waals surface area contributed by atoms with Crippen molar-refractivity contribution in [2.45, 2.75) is 29.0 Å². The van der Waals surface area contributed by atoms with E-state index in [-0.39, 0.29) is 40.6 Å². The number of amides is 1. The van der Waals surface area contributed by atoms with Crippen molar-refractivity contribution in [3.8, 4) is 11.1 Å². The van der Waals surface area contributed by atoms with Crippen LogP contribution in [-0.2, 0) is 26.0 Å². The van der Waals surface area contributed by atoms with E-state index in [4.69, 9.17) is 27.6 Å². The van der Waals surface area contributed by atoms with Crippen molar-refractivity contribution in [3.05, 3.63) is 89.2 Å². The number of aromatic nitrogens is 4. The Balaban J connectivity index is 1.44. The number of sulfone groups is 1. The van der Waals surface area contributed by atoms with E-state index in [1.807, 2.05) is 0 Å². The lowest BCUT2D eigenvalue weighted by Gasteiger charge is -2.25. The van der Waals surface area contributed by atoms with Crippen molar-refractivity contribution in [1.29, 1.82) is 5.41 Å². The number of halogens is 4. The molecule has 1 amide bonds. The zero-order valence-electron chi connectivity index (χ0n) is 21.7. The third-order valence-electron chi connectivity index (χ3n) is 6.52. The van der Waals surface area contributed by atoms with Gasteiger partial charge in [-0.3, -0.25) is 10.2 Å². The van der Waals surface area contributed by atoms with Gasteiger partial charge in [0.2, 0.25) is 5.60 Å². The third-order valence-corrected chi connectivity index (χ3v) is 8.38. The van der Waals surface area contributed by atoms with Gasteiger partial charge < -0.3 is 15.9 Å². The minimum atomic E-state index is -5.66. The van der Waals surface area contributed by atoms with E-state index in [1.165, 1.54) is 47.4 Å². The largest absolute Gasteiger partial charge is 0.501 e. The molecule has 222 valence electrons. The summed E-state index contributed by atoms with van der Waals surface area (Å²) in [5.74, 6) is -0.852. The van der Waals surface area contributed by atoms with Gasteiger partial charge in [0.15, 0.2) is 0 Å². The number of hydrogen-bond donors (Lipinski definition) is 3. The highest BCUT2D eigenvalue weighted by Gasteiger charge is 2.49. The van der Waals surface area contributed by atoms with Gasteiger partial charge in [0.25, 0.3) is 15.7 Å². The third kappa shape index (κ3) is 5.78. The molecule has 0 fully saturated rings. The molecule has 1 aromatic heterocycles. The summed E-state index contributed by atoms with van der Waals surface area (Å²) in [7, 11) is -5.66. The maximum atomic E-state index is 13.7. The summed E-state index contributed by atoms with van der Waals surface area (Å²) >= 11 is 6.42. The lowest BCUT2D eigenvalue weighted by atomic mass is 9.92. The molecule has 0 bridgehead atoms. The van der Waals surface area contributed by atoms with Crippen molar-refractivity contribution in [1.82, 2.24) is 20.2 Å². The second kappa shape index (κ2) is 11.1. The molecule has 0 radical (unpaired) electrons. The zero-order chi connectivity index (χ0) is 31.0. The standard InChI is InChI=1S/C26H20ClF3N8O4S/c27-19-11-15(18-6-1-2-7-22(18)43(40,41)26(28,29)30)8-9-20(19)34-24(39)25(13-38-14-33-36-37-38)12-21(35-42-25)16-4-3-5-17(10-16)23(31)32/h1-11,14H,12-13H2,(H3,31,32)(H,34,39). The second-order valence-electron chi connectivity index (χ2n) is 9.40. The molecule has 0 saturated carbocycles. The molecule has 17 heteroatoms. The van der Waals surface area contributed by atoms with Crippen LogP contribution in [0, 0.1) is 5.41 Å². The summed E-state index contributed by atoms with van der Waals surface area (Å²) in [5, 5.41) is 25.3. The SMILES string of the molecule is N=C(N)c1cccc(C2=NOC(Cn3cnnn3)(C(=O)Nc3ccc(-c4ccccc4S(=O)(=O)C(F)(F)F)cc3Cl)C2)c1. The molecule has 1 aliphatic heterocycles. The molecule has 3 aromatic carbocycles. The van der Waals surface area contributed by atoms with E-state index >= 15 is 0 Å². The number of nitrogens with two attached hydrogens (primary N) is 1. The number of anilines is 1. The fraction of sp³-hybridized carbons (Fsp3) is 0.154. The average molecular weight is 633 g/mol. The van der Waals surface area contributed by atoms with Crippen molar-refractivity contribution in [2.24, 2.45) is 10.9 Å². The molecule has 0 aliphatic carbocycles. The van der Waals surface area contributed by atoms with Crippen LogP contribution in [0.5, 0.6) is 0 Å². The predicted octanol–water partition coefficient (Wildman–Crippen LogP) is 3.77. The molecule has 5 rings (SSSR count). The van der Waals surface area contributed by atoms with E-state index in [0.717, 1.165) is 6.07 Å². The number of benzene rings is 3. The highest BCUT2D eigenvalue weighted by Crippen LogP contribution is 2.38. The first-order chi connectivity index (χ1) is 20.3. The van der Waals surface area contributed by atoms with E-state index in [2.05, 4.69) is 26.0 Å². The average Bonchev–Trinajstić information content (AvgIpc) is 3.65. The highest BCUT2D eigenvalue weighted by atomic mass is 35.5. The van der Waals surface area contributed by atoms with Crippen LogP contribution in [0.25, 0.3) is 11.1 Å². The van der Waals surface area contributed by atoms with Crippen molar-refractivity contribution in [2.75, 3.05) is 5.32 Å². The number of carbonyl (C=O) groups is 1. The Bertz CT molecular complexity index is 1870. The molecule has 4 aromatic rings. The first kappa shape index (κ1) is 29.7. The lowest BCUT2D eigenvalue weighted by Crippen LogP contribution is -2.47. The van der Waals surface area contributed by atoms with Gasteiger partial charge in [-0.15, -0.1) is 5.10 Å². The van der Waals surface area contributed by atoms with Crippen LogP contribution in [0.15, 0.2) is 83.1 Å². The first-order valence-electron chi connectivity index (χ1n) is 12.2. The maximum Gasteiger partial charge on any atom is 0.501 e. The number of tetrazole rings is 1. The quantitative estimate of drug-likeness (QED) is 0.194. The normalized spacial score (nSPS) is 16.8. The second-order valence-corrected chi connectivity index (χ2v) is 11.7. The van der Waals surface area contributed by atoms with Gasteiger partial charge in [-0.1, -0.05) is 59.2 Å². The minimum Gasteiger partial charge on any atom is -0.384 e. The van der Waals surface area contributed by atoms with Crippen LogP contribution in [0.1, 0.15) is 17.5 Å². The number of rotatable bonds is 8. The highest BCUT2D eigenvalue weighted by molar-refractivity contribution is 7.92. The van der Waals surface area contributed by atoms with Crippen LogP contribution < -0.4 is 11.1 Å². The molecule has 4 N–H and O–H groups in total. The number of hydrogen-bond acceptors (Lipinski definition) is 9. The Morgan fingerprint density at radius 3 is 2.56 bits per heavy atom. The number of nitrogen functional groups attached to an aromatic ring is 1. The summed E-state index contributed by atoms with van der Waals surface area (Å²) in [4.78, 5) is 18.5. The Labute approximate surface area is 246 Å². The van der Waals surface area contributed by atoms with Crippen molar-refractivity contribution < 1.29 is 31.2 Å². The molecule has 1 atom stereocenters. The summed E-state index contributed by atoms with van der Waals surface area (Å²) < 4.78 is 65.5. The zero-order valence-corrected chi connectivity index (χ0v) is 23.3. The Hall–Kier alpha value is -4.83. The molecule has 1 aliphatic rings. The summed E-state index contributed by atoms with van der Waals surface area (Å²) in [5.41, 5.74) is -0.261. The van der Waals surface area contributed by atoms with Crippen LogP contribution in [-0.4, -0.2) is 57.2 Å². The van der Waals surface area contributed by atoms with Gasteiger partial charge in [-0.05, 0) is 40.3 Å². The van der Waals surface area contributed by atoms with Gasteiger partial charge in [0, 0.05) is 23.1 Å². The molecule has 12 nitrogen and oxygen atoms in total. The minimum absolute atomic E-state index is 0.0432. The summed E-state index contributed by atoms with van der Waals surface area (Å²) in [6, 6.07) is 15.2. The first-order valence-corrected chi connectivity index (χ1v) is 14.1. The molecular formula is C26H20ClF3N8O4S. The van der Waals surface area contributed by atoms with Crippen LogP contribution in [0.4, 0.5) is 18.9 Å². The predicted molar refractivity (Wildman–Crippen MR) is 149 cm³/mol. The Kier molecular flexibility index (Phi) is 7.66. The molecular weight excluding hydrogens is 613 g/mol. The van der Waals surface area contributed by atoms with Gasteiger partial charge in [0.05, 0.1) is 27.9 Å². The number of oxime groups is 1. The van der Waals surface area contributed by atoms with Gasteiger partial charge in [0.1, 0.15) is 12.2 Å². The lowest BCUT2D eigenvalue weighted by molar-refractivity contribution is -0.140. The van der Waals surface area contributed by atoms with Crippen LogP contribution in [0.3, 0.4) is 0 Å². The summed E-state index contributed by atoms with van der Waals surface area (Å²) in [6.45, 7) is -0.163. The molecule has 2 heterocycles. The van der Waals surface area contributed by atoms with E-state index in [1.54, 1.807) is 24.3 Å². The van der Waals surface area contributed by atoms with E-state index < -0.39 is 31.7 Å². The monoisotopic (exact) mass is 632 g/mol. The topological polar surface area (TPSA) is 178 Å². The van der Waals surface area contributed by atoms with Crippen molar-refractivity contribution >= 4 is 44.6 Å². The Morgan fingerprint density at radius 2 is 1.88 bits per heavy atom. The fourth-order valence-electron chi connectivity index (χ4n) is 4.38. The smallest absolute Gasteiger partial charge is 0.384 e. The van der Waals surface area contributed by atoms with Crippen LogP contribution in [0.2, 0.25) is 5.02 Å². The number of nitrogens with zero attached hydrogens (tertiary/aromatic N) is 5. The van der Waals surface area contributed by atoms with Gasteiger partial charge in [-0.25, -0.2) is 13.1 Å². The fourth-order valence-corrected chi connectivity index (χ4v) is 5.59. The van der Waals surface area contributed by atoms with Gasteiger partial charge >= 0.3 is 5.51 Å². The molecule has 0 spiro atoms. The van der Waals surface area contributed by atoms with Gasteiger partial charge in [-0.2, -0.15) is 13.2 Å². The molecule has 0 saturated heterocycles. The number of amidine groups is 1. The van der Waals surface area contributed by atoms with E-state index in [0.29, 0.717) is 16.8 Å². The molecule has 1 unspecified atom stereocenters. The van der Waals surface area contributed by atoms with Crippen LogP contribution >= 0.6 is 11.6 Å². The molecule has 43 heavy (non-hydrogen) atoms. The summed E-state index contributed by atoms with van der Waals surface area (Å²) in [6.07, 6.45) is 1.24. The number of nitrogens with one attached hydrogen (secondary N) is 2. The number of carbonyl (C=O) groups excluding carboxylic acids is 1. The Morgan fingerprint density at radius 1 is 1.12 bits per heavy atom. The van der Waals surface area contributed by atoms with E-state index in [9.17, 15) is 26.4 Å². The van der Waals surface area contributed by atoms with Crippen molar-refractivity contribution in [3.63, 3.8) is 0 Å². The number of alkyl halides is 3. The maximum absolute atomic E-state index is 13.7.